The summed E-state index contributed by atoms with van der Waals surface area (Å²) < 4.78 is 2.10. The summed E-state index contributed by atoms with van der Waals surface area (Å²) in [5, 5.41) is 0. The molecule has 0 fully saturated rings. The first-order valence-electron chi connectivity index (χ1n) is 15.6. The van der Waals surface area contributed by atoms with Crippen molar-refractivity contribution in [2.75, 3.05) is 0 Å². The third kappa shape index (κ3) is 18.8. The SMILES string of the molecule is CCCCn1ccnc1.Cc1ccccn1.Cc1cccnc1.Cc1ccncc1.Cc1nc2ccccc2[nH]1.Cc1ncccn1. The Morgan fingerprint density at radius 3 is 1.79 bits per heavy atom. The molecule has 0 unspecified atom stereocenters. The Morgan fingerprint density at radius 2 is 1.34 bits per heavy atom. The molecule has 0 atom stereocenters. The minimum Gasteiger partial charge on any atom is -0.342 e. The molecule has 6 heterocycles. The van der Waals surface area contributed by atoms with Crippen LogP contribution in [-0.4, -0.2) is 44.4 Å². The topological polar surface area (TPSA) is 111 Å². The number of aromatic amines is 1. The van der Waals surface area contributed by atoms with Crippen molar-refractivity contribution in [1.29, 1.82) is 0 Å². The van der Waals surface area contributed by atoms with Gasteiger partial charge >= 0.3 is 0 Å². The highest BCUT2D eigenvalue weighted by Crippen LogP contribution is 2.08. The molecule has 1 N–H and O–H groups in total. The van der Waals surface area contributed by atoms with Gasteiger partial charge in [0.2, 0.25) is 0 Å². The van der Waals surface area contributed by atoms with Crippen molar-refractivity contribution in [3.05, 3.63) is 163 Å². The summed E-state index contributed by atoms with van der Waals surface area (Å²) in [6.45, 7) is 13.2. The second-order valence-electron chi connectivity index (χ2n) is 10.3. The molecule has 0 amide bonds. The van der Waals surface area contributed by atoms with Crippen LogP contribution in [0.25, 0.3) is 11.0 Å². The van der Waals surface area contributed by atoms with E-state index >= 15 is 0 Å². The van der Waals surface area contributed by atoms with Crippen molar-refractivity contribution < 1.29 is 0 Å². The van der Waals surface area contributed by atoms with Crippen LogP contribution in [0.5, 0.6) is 0 Å². The van der Waals surface area contributed by atoms with E-state index in [9.17, 15) is 0 Å². The molecule has 0 aliphatic heterocycles. The van der Waals surface area contributed by atoms with E-state index in [0.29, 0.717) is 0 Å². The molecule has 0 saturated carbocycles. The first-order valence-corrected chi connectivity index (χ1v) is 15.6. The zero-order valence-electron chi connectivity index (χ0n) is 28.4. The normalized spacial score (nSPS) is 9.32. The Bertz CT molecular complexity index is 1510. The molecular weight excluding hydrogens is 582 g/mol. The molecule has 244 valence electrons. The molecule has 0 radical (unpaired) electrons. The Morgan fingerprint density at radius 1 is 0.617 bits per heavy atom. The maximum absolute atomic E-state index is 4.26. The van der Waals surface area contributed by atoms with Crippen molar-refractivity contribution in [1.82, 2.24) is 44.4 Å². The van der Waals surface area contributed by atoms with E-state index in [1.807, 2.05) is 126 Å². The van der Waals surface area contributed by atoms with E-state index in [1.54, 1.807) is 43.2 Å². The van der Waals surface area contributed by atoms with Crippen LogP contribution in [0, 0.1) is 34.6 Å². The van der Waals surface area contributed by atoms with E-state index in [4.69, 9.17) is 0 Å². The Labute approximate surface area is 279 Å². The van der Waals surface area contributed by atoms with Crippen molar-refractivity contribution in [2.45, 2.75) is 60.9 Å². The minimum absolute atomic E-state index is 0.822. The summed E-state index contributed by atoms with van der Waals surface area (Å²) in [6.07, 6.45) is 20.6. The van der Waals surface area contributed by atoms with Gasteiger partial charge in [-0.3, -0.25) is 15.0 Å². The fourth-order valence-corrected chi connectivity index (χ4v) is 3.54. The maximum Gasteiger partial charge on any atom is 0.125 e. The van der Waals surface area contributed by atoms with Gasteiger partial charge in [0, 0.05) is 68.0 Å². The molecule has 0 bridgehead atoms. The average Bonchev–Trinajstić information content (AvgIpc) is 3.76. The van der Waals surface area contributed by atoms with Crippen LogP contribution in [0.2, 0.25) is 0 Å². The molecule has 6 aromatic heterocycles. The zero-order valence-corrected chi connectivity index (χ0v) is 28.4. The zero-order chi connectivity index (χ0) is 34.0. The van der Waals surface area contributed by atoms with Gasteiger partial charge in [-0.15, -0.1) is 0 Å². The number of unbranched alkanes of at least 4 members (excludes halogenated alkanes) is 1. The molecule has 1 aromatic carbocycles. The van der Waals surface area contributed by atoms with Gasteiger partial charge in [0.25, 0.3) is 0 Å². The minimum atomic E-state index is 0.822. The third-order valence-corrected chi connectivity index (χ3v) is 6.00. The number of nitrogens with zero attached hydrogens (tertiary/aromatic N) is 8. The van der Waals surface area contributed by atoms with Crippen molar-refractivity contribution in [3.8, 4) is 0 Å². The molecule has 0 aliphatic rings. The molecule has 0 saturated heterocycles. The number of aromatic nitrogens is 9. The van der Waals surface area contributed by atoms with Gasteiger partial charge in [0.05, 0.1) is 17.4 Å². The van der Waals surface area contributed by atoms with Crippen LogP contribution in [0.3, 0.4) is 0 Å². The third-order valence-electron chi connectivity index (χ3n) is 6.00. The van der Waals surface area contributed by atoms with Gasteiger partial charge < -0.3 is 9.55 Å². The fourth-order valence-electron chi connectivity index (χ4n) is 3.54. The van der Waals surface area contributed by atoms with Crippen molar-refractivity contribution in [3.63, 3.8) is 0 Å². The van der Waals surface area contributed by atoms with Gasteiger partial charge in [-0.2, -0.15) is 0 Å². The number of imidazole rings is 2. The molecule has 9 heteroatoms. The lowest BCUT2D eigenvalue weighted by Crippen LogP contribution is -1.92. The summed E-state index contributed by atoms with van der Waals surface area (Å²) in [7, 11) is 0. The summed E-state index contributed by atoms with van der Waals surface area (Å²) in [6, 6.07) is 23.6. The summed E-state index contributed by atoms with van der Waals surface area (Å²) >= 11 is 0. The number of rotatable bonds is 3. The number of fused-ring (bicyclic) bond motifs is 1. The molecule has 7 rings (SSSR count). The van der Waals surface area contributed by atoms with Gasteiger partial charge in [-0.05, 0) is 101 Å². The van der Waals surface area contributed by atoms with Gasteiger partial charge in [0.15, 0.2) is 0 Å². The highest BCUT2D eigenvalue weighted by Gasteiger charge is 1.94. The number of hydrogen-bond acceptors (Lipinski definition) is 7. The Hall–Kier alpha value is -5.57. The summed E-state index contributed by atoms with van der Waals surface area (Å²) in [5.74, 6) is 1.80. The molecule has 9 nitrogen and oxygen atoms in total. The average molecular weight is 630 g/mol. The van der Waals surface area contributed by atoms with Crippen LogP contribution in [0.1, 0.15) is 48.2 Å². The lowest BCUT2D eigenvalue weighted by atomic mass is 10.3. The Kier molecular flexibility index (Phi) is 19.0. The van der Waals surface area contributed by atoms with E-state index in [2.05, 4.69) is 51.4 Å². The first kappa shape index (κ1) is 37.6. The van der Waals surface area contributed by atoms with Crippen molar-refractivity contribution in [2.24, 2.45) is 0 Å². The van der Waals surface area contributed by atoms with Gasteiger partial charge in [0.1, 0.15) is 11.6 Å². The standard InChI is InChI=1S/C8H8N2.C7H12N2.3C6H7N.C5H6N2/c1-6-9-7-4-2-3-5-8(7)10-6;1-2-3-5-9-6-4-8-7-9;1-6-2-4-7-5-3-6;1-6-3-2-4-7-5-6;1-6-4-2-3-5-7-6;1-5-6-3-2-4-7-5/h2-5H,1H3,(H,9,10);4,6-7H,2-3,5H2,1H3;3*2-5H,1H3;2-4H,1H3. The van der Waals surface area contributed by atoms with E-state index in [1.165, 1.54) is 24.0 Å². The van der Waals surface area contributed by atoms with Crippen LogP contribution >= 0.6 is 0 Å². The molecular formula is C38H47N9. The number of hydrogen-bond donors (Lipinski definition) is 1. The van der Waals surface area contributed by atoms with Crippen LogP contribution in [-0.2, 0) is 6.54 Å². The lowest BCUT2D eigenvalue weighted by Gasteiger charge is -1.96. The second-order valence-corrected chi connectivity index (χ2v) is 10.3. The summed E-state index contributed by atoms with van der Waals surface area (Å²) in [5.41, 5.74) is 5.69. The van der Waals surface area contributed by atoms with Crippen molar-refractivity contribution >= 4 is 11.0 Å². The Balaban J connectivity index is 0.000000197. The fraction of sp³-hybridized carbons (Fsp3) is 0.237. The van der Waals surface area contributed by atoms with E-state index in [0.717, 1.165) is 34.9 Å². The lowest BCUT2D eigenvalue weighted by molar-refractivity contribution is 0.631. The first-order chi connectivity index (χ1) is 22.9. The number of para-hydroxylation sites is 2. The van der Waals surface area contributed by atoms with E-state index < -0.39 is 0 Å². The highest BCUT2D eigenvalue weighted by atomic mass is 15.0. The molecule has 47 heavy (non-hydrogen) atoms. The quantitative estimate of drug-likeness (QED) is 0.209. The van der Waals surface area contributed by atoms with Gasteiger partial charge in [-0.25, -0.2) is 19.9 Å². The van der Waals surface area contributed by atoms with Gasteiger partial charge in [-0.1, -0.05) is 37.6 Å². The number of pyridine rings is 3. The monoisotopic (exact) mass is 629 g/mol. The maximum atomic E-state index is 4.26. The smallest absolute Gasteiger partial charge is 0.125 e. The molecule has 0 spiro atoms. The second kappa shape index (κ2) is 23.8. The number of aryl methyl sites for hydroxylation is 6. The van der Waals surface area contributed by atoms with Crippen LogP contribution in [0.4, 0.5) is 0 Å². The molecule has 7 aromatic rings. The highest BCUT2D eigenvalue weighted by molar-refractivity contribution is 5.74. The molecule has 0 aliphatic carbocycles. The summed E-state index contributed by atoms with van der Waals surface area (Å²) in [4.78, 5) is 30.8. The number of benzene rings is 1. The predicted molar refractivity (Wildman–Crippen MR) is 192 cm³/mol. The van der Waals surface area contributed by atoms with Crippen LogP contribution < -0.4 is 0 Å². The van der Waals surface area contributed by atoms with Crippen LogP contribution in [0.15, 0.2) is 135 Å². The number of H-pyrrole nitrogens is 1. The largest absolute Gasteiger partial charge is 0.342 e. The van der Waals surface area contributed by atoms with E-state index in [-0.39, 0.29) is 0 Å². The predicted octanol–water partition coefficient (Wildman–Crippen LogP) is 8.51. The number of nitrogens with one attached hydrogen (secondary N) is 1.